The molecule has 0 saturated heterocycles. The Morgan fingerprint density at radius 2 is 2.04 bits per heavy atom. The summed E-state index contributed by atoms with van der Waals surface area (Å²) < 4.78 is 29.0. The van der Waals surface area contributed by atoms with Crippen molar-refractivity contribution in [1.29, 1.82) is 0 Å². The number of fused-ring (bicyclic) bond motifs is 1. The molecule has 7 heteroatoms. The maximum absolute atomic E-state index is 13.7. The van der Waals surface area contributed by atoms with E-state index in [0.717, 1.165) is 12.0 Å². The maximum atomic E-state index is 13.7. The van der Waals surface area contributed by atoms with Gasteiger partial charge in [0.1, 0.15) is 5.65 Å². The van der Waals surface area contributed by atoms with E-state index in [1.165, 1.54) is 10.6 Å². The summed E-state index contributed by atoms with van der Waals surface area (Å²) in [6.45, 7) is 5.93. The number of aromatic nitrogens is 3. The molecule has 0 unspecified atom stereocenters. The van der Waals surface area contributed by atoms with Crippen molar-refractivity contribution in [3.8, 4) is 11.3 Å². The molecule has 0 spiro atoms. The van der Waals surface area contributed by atoms with Crippen molar-refractivity contribution >= 4 is 23.3 Å². The van der Waals surface area contributed by atoms with Gasteiger partial charge in [0.25, 0.3) is 12.0 Å². The third kappa shape index (κ3) is 3.22. The van der Waals surface area contributed by atoms with E-state index in [1.54, 1.807) is 6.08 Å². The number of hydrogen-bond donors (Lipinski definition) is 1. The normalized spacial score (nSPS) is 11.2. The summed E-state index contributed by atoms with van der Waals surface area (Å²) in [4.78, 5) is 19.2. The van der Waals surface area contributed by atoms with Crippen LogP contribution in [0.4, 0.5) is 8.78 Å². The highest BCUT2D eigenvalue weighted by atomic mass is 32.1. The van der Waals surface area contributed by atoms with Crippen LogP contribution in [-0.2, 0) is 13.0 Å². The van der Waals surface area contributed by atoms with Crippen molar-refractivity contribution in [2.24, 2.45) is 0 Å². The average Bonchev–Trinajstić information content (AvgIpc) is 2.64. The minimum atomic E-state index is -2.82. The molecule has 0 amide bonds. The zero-order chi connectivity index (χ0) is 18.8. The lowest BCUT2D eigenvalue weighted by Gasteiger charge is -2.13. The SMILES string of the molecule is C=CCn1c(=S)[nH]c(=O)c2c(C(F)F)cc(-c3ccc(CC)cc3)nc21. The van der Waals surface area contributed by atoms with E-state index in [0.29, 0.717) is 11.3 Å². The van der Waals surface area contributed by atoms with Crippen LogP contribution in [0.1, 0.15) is 24.5 Å². The molecule has 0 fully saturated rings. The predicted molar refractivity (Wildman–Crippen MR) is 101 cm³/mol. The lowest BCUT2D eigenvalue weighted by Crippen LogP contribution is -2.17. The Balaban J connectivity index is 2.38. The van der Waals surface area contributed by atoms with E-state index in [1.807, 2.05) is 31.2 Å². The molecule has 0 aliphatic rings. The van der Waals surface area contributed by atoms with E-state index < -0.39 is 12.0 Å². The number of nitrogens with one attached hydrogen (secondary N) is 1. The highest BCUT2D eigenvalue weighted by molar-refractivity contribution is 7.71. The molecule has 134 valence electrons. The Kier molecular flexibility index (Phi) is 5.08. The highest BCUT2D eigenvalue weighted by Gasteiger charge is 2.20. The van der Waals surface area contributed by atoms with Crippen molar-refractivity contribution in [2.45, 2.75) is 26.3 Å². The first-order chi connectivity index (χ1) is 12.5. The molecule has 1 aromatic carbocycles. The number of rotatable bonds is 5. The molecular weight excluding hydrogens is 356 g/mol. The number of alkyl halides is 2. The molecule has 3 aromatic rings. The molecule has 0 saturated carbocycles. The number of allylic oxidation sites excluding steroid dienone is 1. The Hall–Kier alpha value is -2.67. The largest absolute Gasteiger partial charge is 0.299 e. The number of hydrogen-bond acceptors (Lipinski definition) is 3. The Labute approximate surface area is 153 Å². The van der Waals surface area contributed by atoms with Crippen LogP contribution in [0.2, 0.25) is 0 Å². The molecular formula is C19H17F2N3OS. The number of halogens is 2. The summed E-state index contributed by atoms with van der Waals surface area (Å²) in [5.41, 5.74) is 1.30. The van der Waals surface area contributed by atoms with Gasteiger partial charge in [-0.15, -0.1) is 6.58 Å². The van der Waals surface area contributed by atoms with E-state index in [2.05, 4.69) is 16.5 Å². The summed E-state index contributed by atoms with van der Waals surface area (Å²) in [6, 6.07) is 8.79. The van der Waals surface area contributed by atoms with Crippen LogP contribution >= 0.6 is 12.2 Å². The minimum absolute atomic E-state index is 0.119. The quantitative estimate of drug-likeness (QED) is 0.516. The second-order valence-electron chi connectivity index (χ2n) is 5.81. The fourth-order valence-electron chi connectivity index (χ4n) is 2.83. The maximum Gasteiger partial charge on any atom is 0.264 e. The smallest absolute Gasteiger partial charge is 0.264 e. The molecule has 0 aliphatic heterocycles. The van der Waals surface area contributed by atoms with Crippen LogP contribution in [0, 0.1) is 4.77 Å². The summed E-state index contributed by atoms with van der Waals surface area (Å²) in [5, 5.41) is -0.149. The van der Waals surface area contributed by atoms with Gasteiger partial charge in [0.2, 0.25) is 0 Å². The van der Waals surface area contributed by atoms with Crippen LogP contribution in [0.5, 0.6) is 0 Å². The van der Waals surface area contributed by atoms with Gasteiger partial charge in [-0.05, 0) is 30.3 Å². The third-order valence-electron chi connectivity index (χ3n) is 4.18. The van der Waals surface area contributed by atoms with E-state index >= 15 is 0 Å². The molecule has 2 heterocycles. The Morgan fingerprint density at radius 1 is 1.35 bits per heavy atom. The first kappa shape index (κ1) is 18.1. The second kappa shape index (κ2) is 7.29. The standard InChI is InChI=1S/C19H17F2N3OS/c1-3-9-24-17-15(18(25)23-19(24)26)13(16(20)21)10-14(22-17)12-7-5-11(4-2)6-8-12/h3,5-8,10,16H,1,4,9H2,2H3,(H,23,25,26). The fourth-order valence-corrected chi connectivity index (χ4v) is 3.09. The molecule has 1 N–H and O–H groups in total. The highest BCUT2D eigenvalue weighted by Crippen LogP contribution is 2.29. The predicted octanol–water partition coefficient (Wildman–Crippen LogP) is 4.81. The topological polar surface area (TPSA) is 50.7 Å². The van der Waals surface area contributed by atoms with Gasteiger partial charge in [0, 0.05) is 17.7 Å². The van der Waals surface area contributed by atoms with E-state index in [-0.39, 0.29) is 27.9 Å². The minimum Gasteiger partial charge on any atom is -0.299 e. The molecule has 2 aromatic heterocycles. The zero-order valence-corrected chi connectivity index (χ0v) is 14.9. The van der Waals surface area contributed by atoms with Crippen LogP contribution in [0.3, 0.4) is 0 Å². The van der Waals surface area contributed by atoms with Gasteiger partial charge in [-0.1, -0.05) is 37.3 Å². The van der Waals surface area contributed by atoms with Crippen molar-refractivity contribution < 1.29 is 8.78 Å². The average molecular weight is 373 g/mol. The van der Waals surface area contributed by atoms with Gasteiger partial charge in [0.15, 0.2) is 4.77 Å². The van der Waals surface area contributed by atoms with Crippen molar-refractivity contribution in [3.63, 3.8) is 0 Å². The van der Waals surface area contributed by atoms with Gasteiger partial charge in [-0.2, -0.15) is 0 Å². The number of aryl methyl sites for hydroxylation is 1. The first-order valence-electron chi connectivity index (χ1n) is 8.12. The number of pyridine rings is 1. The molecule has 3 rings (SSSR count). The van der Waals surface area contributed by atoms with Crippen LogP contribution in [0.15, 0.2) is 47.8 Å². The van der Waals surface area contributed by atoms with Crippen LogP contribution < -0.4 is 5.56 Å². The van der Waals surface area contributed by atoms with Gasteiger partial charge in [-0.25, -0.2) is 13.8 Å². The van der Waals surface area contributed by atoms with Crippen molar-refractivity contribution in [1.82, 2.24) is 14.5 Å². The number of aromatic amines is 1. The molecule has 0 atom stereocenters. The van der Waals surface area contributed by atoms with Crippen LogP contribution in [0.25, 0.3) is 22.3 Å². The van der Waals surface area contributed by atoms with Gasteiger partial charge >= 0.3 is 0 Å². The summed E-state index contributed by atoms with van der Waals surface area (Å²) in [6.07, 6.45) is -0.370. The monoisotopic (exact) mass is 373 g/mol. The number of H-pyrrole nitrogens is 1. The molecule has 26 heavy (non-hydrogen) atoms. The summed E-state index contributed by atoms with van der Waals surface area (Å²) in [5.74, 6) is 0. The van der Waals surface area contributed by atoms with Crippen molar-refractivity contribution in [3.05, 3.63) is 69.2 Å². The third-order valence-corrected chi connectivity index (χ3v) is 4.51. The lowest BCUT2D eigenvalue weighted by molar-refractivity contribution is 0.153. The zero-order valence-electron chi connectivity index (χ0n) is 14.1. The summed E-state index contributed by atoms with van der Waals surface area (Å²) in [7, 11) is 0. The lowest BCUT2D eigenvalue weighted by atomic mass is 10.0. The molecule has 0 aliphatic carbocycles. The molecule has 0 radical (unpaired) electrons. The Bertz CT molecular complexity index is 1080. The first-order valence-corrected chi connectivity index (χ1v) is 8.53. The molecule has 4 nitrogen and oxygen atoms in total. The van der Waals surface area contributed by atoms with Gasteiger partial charge < -0.3 is 0 Å². The van der Waals surface area contributed by atoms with E-state index in [4.69, 9.17) is 12.2 Å². The van der Waals surface area contributed by atoms with E-state index in [9.17, 15) is 13.6 Å². The summed E-state index contributed by atoms with van der Waals surface area (Å²) >= 11 is 5.17. The Morgan fingerprint density at radius 3 is 2.62 bits per heavy atom. The number of benzene rings is 1. The van der Waals surface area contributed by atoms with Crippen LogP contribution in [-0.4, -0.2) is 14.5 Å². The van der Waals surface area contributed by atoms with Crippen molar-refractivity contribution in [2.75, 3.05) is 0 Å². The molecule has 0 bridgehead atoms. The van der Waals surface area contributed by atoms with Gasteiger partial charge in [-0.3, -0.25) is 14.3 Å². The van der Waals surface area contributed by atoms with Gasteiger partial charge in [0.05, 0.1) is 11.1 Å². The fraction of sp³-hybridized carbons (Fsp3) is 0.211. The number of nitrogens with zero attached hydrogens (tertiary/aromatic N) is 2. The second-order valence-corrected chi connectivity index (χ2v) is 6.19.